The van der Waals surface area contributed by atoms with Gasteiger partial charge in [-0.15, -0.1) is 0 Å². The lowest BCUT2D eigenvalue weighted by atomic mass is 10.2. The summed E-state index contributed by atoms with van der Waals surface area (Å²) in [5.41, 5.74) is 1.35. The van der Waals surface area contributed by atoms with E-state index in [1.54, 1.807) is 31.4 Å². The van der Waals surface area contributed by atoms with E-state index < -0.39 is 0 Å². The zero-order valence-electron chi connectivity index (χ0n) is 10.5. The highest BCUT2D eigenvalue weighted by Gasteiger charge is 2.06. The van der Waals surface area contributed by atoms with Crippen LogP contribution in [0.2, 0.25) is 5.15 Å². The van der Waals surface area contributed by atoms with Gasteiger partial charge in [0.15, 0.2) is 5.82 Å². The highest BCUT2D eigenvalue weighted by Crippen LogP contribution is 2.26. The number of hydrogen-bond acceptors (Lipinski definition) is 5. The summed E-state index contributed by atoms with van der Waals surface area (Å²) in [4.78, 5) is 8.33. The molecule has 0 aliphatic carbocycles. The first kappa shape index (κ1) is 14.7. The molecule has 5 nitrogen and oxygen atoms in total. The van der Waals surface area contributed by atoms with Crippen LogP contribution in [0.1, 0.15) is 11.4 Å². The summed E-state index contributed by atoms with van der Waals surface area (Å²) in [6, 6.07) is 8.91. The van der Waals surface area contributed by atoms with Crippen LogP contribution >= 0.6 is 27.5 Å². The Labute approximate surface area is 129 Å². The molecule has 0 saturated heterocycles. The predicted molar refractivity (Wildman–Crippen MR) is 79.9 cm³/mol. The molecule has 0 saturated carbocycles. The second-order valence-electron chi connectivity index (χ2n) is 3.86. The van der Waals surface area contributed by atoms with Crippen molar-refractivity contribution in [2.45, 2.75) is 6.61 Å². The molecule has 0 fully saturated rings. The molecule has 102 valence electrons. The van der Waals surface area contributed by atoms with Crippen molar-refractivity contribution < 1.29 is 4.74 Å². The average molecular weight is 354 g/mol. The van der Waals surface area contributed by atoms with E-state index in [2.05, 4.69) is 37.3 Å². The lowest BCUT2D eigenvalue weighted by Crippen LogP contribution is -2.02. The van der Waals surface area contributed by atoms with E-state index in [0.29, 0.717) is 22.4 Å². The summed E-state index contributed by atoms with van der Waals surface area (Å²) in [7, 11) is 1.56. The maximum absolute atomic E-state index is 8.83. The fourth-order valence-electron chi connectivity index (χ4n) is 1.55. The third-order valence-electron chi connectivity index (χ3n) is 2.38. The van der Waals surface area contributed by atoms with Crippen molar-refractivity contribution >= 4 is 39.0 Å². The van der Waals surface area contributed by atoms with E-state index >= 15 is 0 Å². The second-order valence-corrected chi connectivity index (χ2v) is 5.10. The quantitative estimate of drug-likeness (QED) is 0.849. The number of halogens is 2. The summed E-state index contributed by atoms with van der Waals surface area (Å²) >= 11 is 9.34. The van der Waals surface area contributed by atoms with E-state index in [-0.39, 0.29) is 6.61 Å². The van der Waals surface area contributed by atoms with Crippen LogP contribution in [-0.4, -0.2) is 17.1 Å². The highest BCUT2D eigenvalue weighted by atomic mass is 79.9. The monoisotopic (exact) mass is 352 g/mol. The van der Waals surface area contributed by atoms with Gasteiger partial charge < -0.3 is 10.1 Å². The normalized spacial score (nSPS) is 10.1. The smallest absolute Gasteiger partial charge is 0.158 e. The van der Waals surface area contributed by atoms with E-state index in [9.17, 15) is 0 Å². The average Bonchev–Trinajstić information content (AvgIpc) is 2.41. The van der Waals surface area contributed by atoms with Crippen molar-refractivity contribution in [1.29, 1.82) is 5.26 Å². The van der Waals surface area contributed by atoms with Gasteiger partial charge in [0.1, 0.15) is 17.6 Å². The van der Waals surface area contributed by atoms with E-state index in [1.165, 1.54) is 0 Å². The maximum Gasteiger partial charge on any atom is 0.158 e. The number of ether oxygens (including phenoxy) is 1. The molecule has 0 radical (unpaired) electrons. The Morgan fingerprint density at radius 3 is 2.85 bits per heavy atom. The van der Waals surface area contributed by atoms with Crippen LogP contribution in [0.4, 0.5) is 11.5 Å². The van der Waals surface area contributed by atoms with Gasteiger partial charge in [-0.3, -0.25) is 0 Å². The Morgan fingerprint density at radius 2 is 2.20 bits per heavy atom. The number of aromatic nitrogens is 2. The third-order valence-corrected chi connectivity index (χ3v) is 3.23. The van der Waals surface area contributed by atoms with Gasteiger partial charge in [-0.2, -0.15) is 5.26 Å². The topological polar surface area (TPSA) is 70.8 Å². The molecule has 0 bridgehead atoms. The lowest BCUT2D eigenvalue weighted by Gasteiger charge is -2.09. The van der Waals surface area contributed by atoms with Gasteiger partial charge in [-0.1, -0.05) is 11.6 Å². The first-order valence-electron chi connectivity index (χ1n) is 5.61. The Bertz CT molecular complexity index is 672. The van der Waals surface area contributed by atoms with Gasteiger partial charge in [0.05, 0.1) is 17.3 Å². The zero-order valence-corrected chi connectivity index (χ0v) is 12.9. The van der Waals surface area contributed by atoms with E-state index in [1.807, 2.05) is 0 Å². The Kier molecular flexibility index (Phi) is 4.90. The number of anilines is 2. The molecule has 1 aromatic carbocycles. The molecule has 7 heteroatoms. The summed E-state index contributed by atoms with van der Waals surface area (Å²) in [6.45, 7) is 0.282. The van der Waals surface area contributed by atoms with E-state index in [4.69, 9.17) is 21.6 Å². The van der Waals surface area contributed by atoms with Crippen molar-refractivity contribution in [2.75, 3.05) is 12.4 Å². The summed E-state index contributed by atoms with van der Waals surface area (Å²) < 4.78 is 5.75. The Morgan fingerprint density at radius 1 is 1.40 bits per heavy atom. The van der Waals surface area contributed by atoms with Gasteiger partial charge >= 0.3 is 0 Å². The molecule has 0 aliphatic rings. The van der Waals surface area contributed by atoms with Crippen LogP contribution in [0.5, 0.6) is 0 Å². The van der Waals surface area contributed by atoms with Crippen LogP contribution < -0.4 is 5.32 Å². The van der Waals surface area contributed by atoms with Crippen molar-refractivity contribution in [3.8, 4) is 6.07 Å². The SMILES string of the molecule is COCc1nc(Cl)cc(Nc2ccc(C#N)cc2Br)n1. The number of nitriles is 1. The third kappa shape index (κ3) is 3.67. The molecular weight excluding hydrogens is 344 g/mol. The minimum Gasteiger partial charge on any atom is -0.377 e. The minimum atomic E-state index is 0.282. The number of methoxy groups -OCH3 is 1. The molecule has 0 spiro atoms. The molecule has 0 aliphatic heterocycles. The predicted octanol–water partition coefficient (Wildman–Crippen LogP) is 3.65. The molecule has 2 rings (SSSR count). The van der Waals surface area contributed by atoms with Crippen molar-refractivity contribution in [3.05, 3.63) is 45.3 Å². The molecule has 0 unspecified atom stereocenters. The molecular formula is C13H10BrClN4O. The first-order chi connectivity index (χ1) is 9.62. The number of hydrogen-bond donors (Lipinski definition) is 1. The molecule has 1 heterocycles. The second kappa shape index (κ2) is 6.66. The molecule has 2 aromatic rings. The molecule has 0 atom stereocenters. The van der Waals surface area contributed by atoms with E-state index in [0.717, 1.165) is 10.2 Å². The summed E-state index contributed by atoms with van der Waals surface area (Å²) in [5.74, 6) is 1.05. The lowest BCUT2D eigenvalue weighted by molar-refractivity contribution is 0.178. The molecule has 20 heavy (non-hydrogen) atoms. The number of nitrogens with one attached hydrogen (secondary N) is 1. The van der Waals surface area contributed by atoms with Gasteiger partial charge in [-0.05, 0) is 34.1 Å². The van der Waals surface area contributed by atoms with Crippen molar-refractivity contribution in [1.82, 2.24) is 9.97 Å². The van der Waals surface area contributed by atoms with Crippen LogP contribution in [-0.2, 0) is 11.3 Å². The Balaban J connectivity index is 2.28. The molecule has 0 amide bonds. The standard InChI is InChI=1S/C13H10BrClN4O/c1-20-7-13-18-11(15)5-12(19-13)17-10-3-2-8(6-16)4-9(10)14/h2-5H,7H2,1H3,(H,17,18,19). The number of benzene rings is 1. The summed E-state index contributed by atoms with van der Waals surface area (Å²) in [5, 5.41) is 12.3. The van der Waals surface area contributed by atoms with Gasteiger partial charge in [-0.25, -0.2) is 9.97 Å². The van der Waals surface area contributed by atoms with Crippen molar-refractivity contribution in [2.24, 2.45) is 0 Å². The van der Waals surface area contributed by atoms with Crippen LogP contribution in [0.15, 0.2) is 28.7 Å². The van der Waals surface area contributed by atoms with Gasteiger partial charge in [0.2, 0.25) is 0 Å². The zero-order chi connectivity index (χ0) is 14.5. The van der Waals surface area contributed by atoms with Crippen LogP contribution in [0.3, 0.4) is 0 Å². The van der Waals surface area contributed by atoms with Gasteiger partial charge in [0, 0.05) is 17.6 Å². The summed E-state index contributed by atoms with van der Waals surface area (Å²) in [6.07, 6.45) is 0. The van der Waals surface area contributed by atoms with Crippen LogP contribution in [0.25, 0.3) is 0 Å². The number of nitrogens with zero attached hydrogens (tertiary/aromatic N) is 3. The fourth-order valence-corrected chi connectivity index (χ4v) is 2.23. The maximum atomic E-state index is 8.83. The minimum absolute atomic E-state index is 0.282. The van der Waals surface area contributed by atoms with Crippen LogP contribution in [0, 0.1) is 11.3 Å². The highest BCUT2D eigenvalue weighted by molar-refractivity contribution is 9.10. The molecule has 1 N–H and O–H groups in total. The van der Waals surface area contributed by atoms with Gasteiger partial charge in [0.25, 0.3) is 0 Å². The largest absolute Gasteiger partial charge is 0.377 e. The first-order valence-corrected chi connectivity index (χ1v) is 6.78. The molecule has 1 aromatic heterocycles. The fraction of sp³-hybridized carbons (Fsp3) is 0.154. The Hall–Kier alpha value is -1.68. The number of rotatable bonds is 4. The van der Waals surface area contributed by atoms with Crippen molar-refractivity contribution in [3.63, 3.8) is 0 Å².